The van der Waals surface area contributed by atoms with E-state index in [-0.39, 0.29) is 0 Å². The molecule has 1 aromatic rings. The Balaban J connectivity index is 2.24. The fourth-order valence-corrected chi connectivity index (χ4v) is 1.98. The fraction of sp³-hybridized carbons (Fsp3) is 0.727. The van der Waals surface area contributed by atoms with Gasteiger partial charge in [0.15, 0.2) is 5.82 Å². The number of aryl methyl sites for hydroxylation is 1. The Kier molecular flexibility index (Phi) is 2.48. The van der Waals surface area contributed by atoms with Crippen LogP contribution in [0.3, 0.4) is 0 Å². The van der Waals surface area contributed by atoms with E-state index in [2.05, 4.69) is 41.6 Å². The van der Waals surface area contributed by atoms with Crippen molar-refractivity contribution in [3.8, 4) is 0 Å². The zero-order valence-corrected chi connectivity index (χ0v) is 9.32. The lowest BCUT2D eigenvalue weighted by molar-refractivity contribution is 0.531. The van der Waals surface area contributed by atoms with E-state index in [0.717, 1.165) is 0 Å². The van der Waals surface area contributed by atoms with E-state index in [1.54, 1.807) is 0 Å². The lowest BCUT2D eigenvalue weighted by Crippen LogP contribution is -2.19. The first kappa shape index (κ1) is 9.56. The first-order valence-corrected chi connectivity index (χ1v) is 5.49. The van der Waals surface area contributed by atoms with E-state index in [1.807, 2.05) is 0 Å². The Morgan fingerprint density at radius 1 is 1.29 bits per heavy atom. The predicted octanol–water partition coefficient (Wildman–Crippen LogP) is 2.37. The summed E-state index contributed by atoms with van der Waals surface area (Å²) < 4.78 is 2.06. The van der Waals surface area contributed by atoms with Gasteiger partial charge < -0.3 is 4.90 Å². The standard InChI is InChI=1S/C11H19N3/c1-9(2)14-8-10(3)11(12-14)13-6-4-5-7-13/h8-9H,4-7H2,1-3H3. The van der Waals surface area contributed by atoms with Crippen molar-refractivity contribution in [2.24, 2.45) is 0 Å². The third-order valence-electron chi connectivity index (χ3n) is 2.82. The SMILES string of the molecule is Cc1cn(C(C)C)nc1N1CCCC1. The second kappa shape index (κ2) is 3.64. The third-order valence-corrected chi connectivity index (χ3v) is 2.82. The van der Waals surface area contributed by atoms with Crippen molar-refractivity contribution >= 4 is 5.82 Å². The molecule has 0 spiro atoms. The molecule has 78 valence electrons. The van der Waals surface area contributed by atoms with Crippen LogP contribution in [0.15, 0.2) is 6.20 Å². The minimum absolute atomic E-state index is 0.463. The van der Waals surface area contributed by atoms with E-state index in [9.17, 15) is 0 Å². The lowest BCUT2D eigenvalue weighted by Gasteiger charge is -2.14. The van der Waals surface area contributed by atoms with E-state index >= 15 is 0 Å². The van der Waals surface area contributed by atoms with Gasteiger partial charge in [0, 0.05) is 30.9 Å². The zero-order valence-electron chi connectivity index (χ0n) is 9.32. The fourth-order valence-electron chi connectivity index (χ4n) is 1.98. The summed E-state index contributed by atoms with van der Waals surface area (Å²) in [7, 11) is 0. The van der Waals surface area contributed by atoms with Gasteiger partial charge in [-0.3, -0.25) is 4.68 Å². The Labute approximate surface area is 85.7 Å². The van der Waals surface area contributed by atoms with Crippen LogP contribution < -0.4 is 4.90 Å². The van der Waals surface area contributed by atoms with Gasteiger partial charge >= 0.3 is 0 Å². The molecule has 1 aliphatic heterocycles. The minimum Gasteiger partial charge on any atom is -0.355 e. The molecular formula is C11H19N3. The molecule has 0 radical (unpaired) electrons. The van der Waals surface area contributed by atoms with Crippen LogP contribution in [0.2, 0.25) is 0 Å². The molecule has 0 saturated carbocycles. The van der Waals surface area contributed by atoms with Gasteiger partial charge in [-0.25, -0.2) is 0 Å². The maximum atomic E-state index is 4.63. The molecule has 1 saturated heterocycles. The smallest absolute Gasteiger partial charge is 0.153 e. The van der Waals surface area contributed by atoms with Crippen LogP contribution in [-0.4, -0.2) is 22.9 Å². The van der Waals surface area contributed by atoms with Gasteiger partial charge in [0.25, 0.3) is 0 Å². The Hall–Kier alpha value is -0.990. The molecule has 1 aliphatic rings. The van der Waals surface area contributed by atoms with Gasteiger partial charge in [0.05, 0.1) is 0 Å². The van der Waals surface area contributed by atoms with E-state index in [1.165, 1.54) is 37.3 Å². The quantitative estimate of drug-likeness (QED) is 0.719. The largest absolute Gasteiger partial charge is 0.355 e. The van der Waals surface area contributed by atoms with E-state index in [0.29, 0.717) is 6.04 Å². The topological polar surface area (TPSA) is 21.1 Å². The van der Waals surface area contributed by atoms with Gasteiger partial charge in [-0.1, -0.05) is 0 Å². The summed E-state index contributed by atoms with van der Waals surface area (Å²) in [6.45, 7) is 8.84. The summed E-state index contributed by atoms with van der Waals surface area (Å²) in [5.41, 5.74) is 1.31. The Morgan fingerprint density at radius 3 is 2.43 bits per heavy atom. The predicted molar refractivity (Wildman–Crippen MR) is 58.8 cm³/mol. The number of rotatable bonds is 2. The van der Waals surface area contributed by atoms with Crippen LogP contribution in [0.5, 0.6) is 0 Å². The van der Waals surface area contributed by atoms with Crippen molar-refractivity contribution < 1.29 is 0 Å². The Bertz CT molecular complexity index is 308. The summed E-state index contributed by atoms with van der Waals surface area (Å²) in [4.78, 5) is 2.40. The molecule has 0 amide bonds. The Morgan fingerprint density at radius 2 is 1.93 bits per heavy atom. The van der Waals surface area contributed by atoms with Crippen LogP contribution in [-0.2, 0) is 0 Å². The third kappa shape index (κ3) is 1.63. The summed E-state index contributed by atoms with van der Waals surface area (Å²) >= 11 is 0. The van der Waals surface area contributed by atoms with Gasteiger partial charge in [0.2, 0.25) is 0 Å². The van der Waals surface area contributed by atoms with Crippen molar-refractivity contribution in [3.63, 3.8) is 0 Å². The summed E-state index contributed by atoms with van der Waals surface area (Å²) in [6, 6.07) is 0.463. The zero-order chi connectivity index (χ0) is 10.1. The molecule has 1 fully saturated rings. The molecule has 0 aliphatic carbocycles. The van der Waals surface area contributed by atoms with Crippen molar-refractivity contribution in [2.75, 3.05) is 18.0 Å². The molecule has 2 rings (SSSR count). The molecule has 3 heteroatoms. The minimum atomic E-state index is 0.463. The molecular weight excluding hydrogens is 174 g/mol. The molecule has 3 nitrogen and oxygen atoms in total. The molecule has 2 heterocycles. The van der Waals surface area contributed by atoms with Crippen LogP contribution in [0.1, 0.15) is 38.3 Å². The molecule has 0 bridgehead atoms. The van der Waals surface area contributed by atoms with Crippen molar-refractivity contribution in [3.05, 3.63) is 11.8 Å². The summed E-state index contributed by atoms with van der Waals surface area (Å²) in [5.74, 6) is 1.19. The van der Waals surface area contributed by atoms with E-state index < -0.39 is 0 Å². The number of hydrogen-bond acceptors (Lipinski definition) is 2. The van der Waals surface area contributed by atoms with Crippen molar-refractivity contribution in [2.45, 2.75) is 39.7 Å². The molecule has 0 atom stereocenters. The molecule has 1 aromatic heterocycles. The van der Waals surface area contributed by atoms with Crippen LogP contribution in [0.25, 0.3) is 0 Å². The van der Waals surface area contributed by atoms with Crippen molar-refractivity contribution in [1.82, 2.24) is 9.78 Å². The monoisotopic (exact) mass is 193 g/mol. The van der Waals surface area contributed by atoms with E-state index in [4.69, 9.17) is 0 Å². The molecule has 0 unspecified atom stereocenters. The van der Waals surface area contributed by atoms with Gasteiger partial charge in [0.1, 0.15) is 0 Å². The highest BCUT2D eigenvalue weighted by Gasteiger charge is 2.17. The van der Waals surface area contributed by atoms with Gasteiger partial charge in [-0.15, -0.1) is 0 Å². The van der Waals surface area contributed by atoms with Gasteiger partial charge in [-0.05, 0) is 33.6 Å². The number of nitrogens with zero attached hydrogens (tertiary/aromatic N) is 3. The summed E-state index contributed by atoms with van der Waals surface area (Å²) in [5, 5.41) is 4.63. The lowest BCUT2D eigenvalue weighted by atomic mass is 10.3. The summed E-state index contributed by atoms with van der Waals surface area (Å²) in [6.07, 6.45) is 4.78. The molecule has 0 aromatic carbocycles. The highest BCUT2D eigenvalue weighted by atomic mass is 15.4. The number of hydrogen-bond donors (Lipinski definition) is 0. The van der Waals surface area contributed by atoms with Gasteiger partial charge in [-0.2, -0.15) is 5.10 Å². The maximum Gasteiger partial charge on any atom is 0.153 e. The first-order chi connectivity index (χ1) is 6.68. The average molecular weight is 193 g/mol. The van der Waals surface area contributed by atoms with Crippen LogP contribution in [0, 0.1) is 6.92 Å². The second-order valence-electron chi connectivity index (χ2n) is 4.40. The molecule has 0 N–H and O–H groups in total. The highest BCUT2D eigenvalue weighted by Crippen LogP contribution is 2.23. The van der Waals surface area contributed by atoms with Crippen LogP contribution in [0.4, 0.5) is 5.82 Å². The second-order valence-corrected chi connectivity index (χ2v) is 4.40. The highest BCUT2D eigenvalue weighted by molar-refractivity contribution is 5.45. The first-order valence-electron chi connectivity index (χ1n) is 5.49. The molecule has 14 heavy (non-hydrogen) atoms. The normalized spacial score (nSPS) is 17.0. The number of anilines is 1. The maximum absolute atomic E-state index is 4.63. The van der Waals surface area contributed by atoms with Crippen molar-refractivity contribution in [1.29, 1.82) is 0 Å². The average Bonchev–Trinajstić information content (AvgIpc) is 2.71. The van der Waals surface area contributed by atoms with Crippen LogP contribution >= 0.6 is 0 Å². The number of aromatic nitrogens is 2.